The normalized spacial score (nSPS) is 20.8. The van der Waals surface area contributed by atoms with Crippen molar-refractivity contribution >= 4 is 23.2 Å². The van der Waals surface area contributed by atoms with E-state index in [1.54, 1.807) is 0 Å². The van der Waals surface area contributed by atoms with Crippen molar-refractivity contribution in [2.24, 2.45) is 5.41 Å². The third-order valence-corrected chi connectivity index (χ3v) is 5.81. The Balaban J connectivity index is 1.45. The fourth-order valence-corrected chi connectivity index (χ4v) is 4.06. The second-order valence-corrected chi connectivity index (χ2v) is 7.56. The second kappa shape index (κ2) is 6.92. The van der Waals surface area contributed by atoms with E-state index in [2.05, 4.69) is 15.5 Å². The molecule has 0 aliphatic heterocycles. The molecule has 1 amide bonds. The zero-order valence-electron chi connectivity index (χ0n) is 14.3. The molecule has 136 valence electrons. The number of benzene rings is 2. The molecule has 0 bridgehead atoms. The van der Waals surface area contributed by atoms with Crippen LogP contribution in [0.2, 0.25) is 0 Å². The van der Waals surface area contributed by atoms with Crippen molar-refractivity contribution in [1.29, 1.82) is 0 Å². The van der Waals surface area contributed by atoms with Gasteiger partial charge in [0.25, 0.3) is 0 Å². The fourth-order valence-electron chi connectivity index (χ4n) is 3.27. The van der Waals surface area contributed by atoms with E-state index in [-0.39, 0.29) is 12.5 Å². The molecule has 1 heterocycles. The van der Waals surface area contributed by atoms with Crippen LogP contribution in [0, 0.1) is 5.41 Å². The van der Waals surface area contributed by atoms with Gasteiger partial charge in [-0.15, -0.1) is 10.2 Å². The molecule has 2 N–H and O–H groups in total. The predicted molar refractivity (Wildman–Crippen MR) is 101 cm³/mol. The van der Waals surface area contributed by atoms with Crippen LogP contribution in [0.3, 0.4) is 0 Å². The highest BCUT2D eigenvalue weighted by molar-refractivity contribution is 7.14. The number of hydrogen-bond donors (Lipinski definition) is 2. The summed E-state index contributed by atoms with van der Waals surface area (Å²) < 4.78 is 0. The Kier molecular flexibility index (Phi) is 4.45. The molecule has 4 rings (SSSR count). The third kappa shape index (κ3) is 3.21. The highest BCUT2D eigenvalue weighted by Crippen LogP contribution is 2.59. The number of aliphatic carboxylic acids is 1. The van der Waals surface area contributed by atoms with Crippen molar-refractivity contribution in [3.63, 3.8) is 0 Å². The van der Waals surface area contributed by atoms with Crippen molar-refractivity contribution in [3.05, 3.63) is 71.2 Å². The van der Waals surface area contributed by atoms with E-state index in [1.807, 2.05) is 60.7 Å². The molecule has 1 fully saturated rings. The zero-order valence-corrected chi connectivity index (χ0v) is 15.1. The number of nitrogens with zero attached hydrogens (tertiary/aromatic N) is 2. The number of carbonyl (C=O) groups is 2. The molecule has 0 radical (unpaired) electrons. The van der Waals surface area contributed by atoms with Gasteiger partial charge in [0.1, 0.15) is 10.0 Å². The third-order valence-electron chi connectivity index (χ3n) is 4.84. The highest BCUT2D eigenvalue weighted by atomic mass is 32.1. The lowest BCUT2D eigenvalue weighted by atomic mass is 9.98. The van der Waals surface area contributed by atoms with Gasteiger partial charge in [-0.1, -0.05) is 72.0 Å². The summed E-state index contributed by atoms with van der Waals surface area (Å²) in [6.07, 6.45) is 0.309. The second-order valence-electron chi connectivity index (χ2n) is 6.49. The molecule has 1 aliphatic carbocycles. The van der Waals surface area contributed by atoms with Crippen molar-refractivity contribution in [2.75, 3.05) is 0 Å². The van der Waals surface area contributed by atoms with Gasteiger partial charge in [0.2, 0.25) is 5.91 Å². The van der Waals surface area contributed by atoms with Crippen LogP contribution in [0.15, 0.2) is 60.7 Å². The Labute approximate surface area is 159 Å². The molecular weight excluding hydrogens is 362 g/mol. The van der Waals surface area contributed by atoms with E-state index >= 15 is 0 Å². The van der Waals surface area contributed by atoms with E-state index in [9.17, 15) is 14.7 Å². The summed E-state index contributed by atoms with van der Waals surface area (Å²) in [5.74, 6) is -1.86. The molecule has 7 heteroatoms. The quantitative estimate of drug-likeness (QED) is 0.642. The standard InChI is InChI=1S/C20H17N3O3S/c24-18(20(19(25)26)11-15(20)13-7-3-1-4-8-13)21-12-16-22-23-17(27-16)14-9-5-2-6-10-14/h1-10,15H,11-12H2,(H,21,24)(H,25,26). The molecule has 0 saturated heterocycles. The number of hydrogen-bond acceptors (Lipinski definition) is 5. The van der Waals surface area contributed by atoms with E-state index in [0.29, 0.717) is 11.4 Å². The highest BCUT2D eigenvalue weighted by Gasteiger charge is 2.66. The maximum atomic E-state index is 12.7. The molecule has 2 aromatic carbocycles. The minimum absolute atomic E-state index is 0.167. The van der Waals surface area contributed by atoms with Gasteiger partial charge >= 0.3 is 5.97 Å². The van der Waals surface area contributed by atoms with Gasteiger partial charge in [-0.25, -0.2) is 0 Å². The summed E-state index contributed by atoms with van der Waals surface area (Å²) in [5, 5.41) is 22.0. The van der Waals surface area contributed by atoms with Crippen LogP contribution in [0.5, 0.6) is 0 Å². The maximum absolute atomic E-state index is 12.7. The van der Waals surface area contributed by atoms with Crippen LogP contribution in [0.4, 0.5) is 0 Å². The summed E-state index contributed by atoms with van der Waals surface area (Å²) in [6.45, 7) is 0.167. The van der Waals surface area contributed by atoms with Gasteiger partial charge in [-0.05, 0) is 12.0 Å². The summed E-state index contributed by atoms with van der Waals surface area (Å²) in [7, 11) is 0. The van der Waals surface area contributed by atoms with Crippen molar-refractivity contribution < 1.29 is 14.7 Å². The molecule has 27 heavy (non-hydrogen) atoms. The van der Waals surface area contributed by atoms with Crippen LogP contribution in [0.1, 0.15) is 22.9 Å². The summed E-state index contributed by atoms with van der Waals surface area (Å²) in [5.41, 5.74) is 0.437. The van der Waals surface area contributed by atoms with Crippen LogP contribution in [-0.2, 0) is 16.1 Å². The lowest BCUT2D eigenvalue weighted by molar-refractivity contribution is -0.149. The van der Waals surface area contributed by atoms with Crippen LogP contribution in [-0.4, -0.2) is 27.2 Å². The van der Waals surface area contributed by atoms with Crippen molar-refractivity contribution in [1.82, 2.24) is 15.5 Å². The smallest absolute Gasteiger partial charge is 0.319 e. The first-order chi connectivity index (χ1) is 13.1. The first-order valence-corrected chi connectivity index (χ1v) is 9.37. The Bertz CT molecular complexity index is 974. The first-order valence-electron chi connectivity index (χ1n) is 8.55. The molecule has 1 saturated carbocycles. The fraction of sp³-hybridized carbons (Fsp3) is 0.200. The van der Waals surface area contributed by atoms with E-state index in [4.69, 9.17) is 0 Å². The van der Waals surface area contributed by atoms with Gasteiger partial charge in [0.05, 0.1) is 6.54 Å². The summed E-state index contributed by atoms with van der Waals surface area (Å²) in [4.78, 5) is 24.5. The summed E-state index contributed by atoms with van der Waals surface area (Å²) in [6, 6.07) is 18.9. The molecule has 2 unspecified atom stereocenters. The van der Waals surface area contributed by atoms with Crippen LogP contribution in [0.25, 0.3) is 10.6 Å². The maximum Gasteiger partial charge on any atom is 0.319 e. The number of rotatable bonds is 6. The zero-order chi connectivity index (χ0) is 18.9. The topological polar surface area (TPSA) is 92.2 Å². The monoisotopic (exact) mass is 379 g/mol. The molecular formula is C20H17N3O3S. The van der Waals surface area contributed by atoms with Crippen molar-refractivity contribution in [3.8, 4) is 10.6 Å². The SMILES string of the molecule is O=C(O)C1(C(=O)NCc2nnc(-c3ccccc3)s2)CC1c1ccccc1. The number of aromatic nitrogens is 2. The molecule has 1 aliphatic rings. The van der Waals surface area contributed by atoms with E-state index < -0.39 is 17.3 Å². The lowest BCUT2D eigenvalue weighted by Crippen LogP contribution is -2.37. The largest absolute Gasteiger partial charge is 0.480 e. The van der Waals surface area contributed by atoms with Gasteiger partial charge < -0.3 is 10.4 Å². The van der Waals surface area contributed by atoms with Gasteiger partial charge in [-0.3, -0.25) is 9.59 Å². The number of carbonyl (C=O) groups excluding carboxylic acids is 1. The minimum atomic E-state index is -1.39. The lowest BCUT2D eigenvalue weighted by Gasteiger charge is -2.12. The van der Waals surface area contributed by atoms with Crippen molar-refractivity contribution in [2.45, 2.75) is 18.9 Å². The Morgan fingerprint density at radius 3 is 2.41 bits per heavy atom. The van der Waals surface area contributed by atoms with Crippen LogP contribution >= 0.6 is 11.3 Å². The number of amides is 1. The number of nitrogens with one attached hydrogen (secondary N) is 1. The number of carboxylic acids is 1. The van der Waals surface area contributed by atoms with Gasteiger partial charge in [0, 0.05) is 11.5 Å². The molecule has 6 nitrogen and oxygen atoms in total. The summed E-state index contributed by atoms with van der Waals surface area (Å²) >= 11 is 1.38. The Hall–Kier alpha value is -3.06. The molecule has 2 atom stereocenters. The molecule has 1 aromatic heterocycles. The first kappa shape index (κ1) is 17.4. The van der Waals surface area contributed by atoms with Gasteiger partial charge in [-0.2, -0.15) is 0 Å². The molecule has 0 spiro atoms. The number of carboxylic acid groups (broad SMARTS) is 1. The molecule has 3 aromatic rings. The minimum Gasteiger partial charge on any atom is -0.480 e. The van der Waals surface area contributed by atoms with Crippen LogP contribution < -0.4 is 5.32 Å². The average molecular weight is 379 g/mol. The Morgan fingerprint density at radius 2 is 1.74 bits per heavy atom. The van der Waals surface area contributed by atoms with Gasteiger partial charge in [0.15, 0.2) is 5.41 Å². The average Bonchev–Trinajstić information content (AvgIpc) is 3.31. The Morgan fingerprint density at radius 1 is 1.07 bits per heavy atom. The predicted octanol–water partition coefficient (Wildman–Crippen LogP) is 3.08. The van der Waals surface area contributed by atoms with E-state index in [1.165, 1.54) is 11.3 Å². The van der Waals surface area contributed by atoms with E-state index in [0.717, 1.165) is 16.1 Å².